The number of hydrogen-bond donors (Lipinski definition) is 0. The van der Waals surface area contributed by atoms with Crippen LogP contribution in [0.15, 0.2) is 11.6 Å². The van der Waals surface area contributed by atoms with Crippen LogP contribution in [0, 0.1) is 40.4 Å². The molecule has 0 aromatic rings. The number of rotatable bonds is 9. The molecule has 0 saturated heterocycles. The molecule has 0 aliphatic heterocycles. The number of esters is 3. The number of fused-ring (bicyclic) bond motifs is 5. The summed E-state index contributed by atoms with van der Waals surface area (Å²) in [6, 6.07) is 0. The van der Waals surface area contributed by atoms with Crippen LogP contribution in [0.4, 0.5) is 0 Å². The monoisotopic (exact) mass is 544 g/mol. The Morgan fingerprint density at radius 2 is 1.74 bits per heavy atom. The Balaban J connectivity index is 1.42. The van der Waals surface area contributed by atoms with Gasteiger partial charge in [0.05, 0.1) is 12.5 Å². The second-order valence-corrected chi connectivity index (χ2v) is 13.4. The van der Waals surface area contributed by atoms with Crippen molar-refractivity contribution >= 4 is 23.7 Å². The quantitative estimate of drug-likeness (QED) is 0.200. The maximum atomic E-state index is 13.0. The lowest BCUT2D eigenvalue weighted by molar-refractivity contribution is -0.154. The molecule has 3 fully saturated rings. The highest BCUT2D eigenvalue weighted by Gasteiger charge is 2.63. The smallest absolute Gasteiger partial charge is 0.306 e. The van der Waals surface area contributed by atoms with E-state index in [1.54, 1.807) is 6.92 Å². The van der Waals surface area contributed by atoms with Crippen molar-refractivity contribution in [2.24, 2.45) is 40.4 Å². The topological polar surface area (TPSA) is 96.0 Å². The van der Waals surface area contributed by atoms with E-state index < -0.39 is 0 Å². The number of hydrogen-bond acceptors (Lipinski definition) is 7. The lowest BCUT2D eigenvalue weighted by Gasteiger charge is -2.57. The predicted molar refractivity (Wildman–Crippen MR) is 146 cm³/mol. The fourth-order valence-electron chi connectivity index (χ4n) is 8.96. The Morgan fingerprint density at radius 1 is 1.00 bits per heavy atom. The third-order valence-electron chi connectivity index (χ3n) is 10.8. The zero-order chi connectivity index (χ0) is 28.5. The fourth-order valence-corrected chi connectivity index (χ4v) is 8.96. The molecule has 0 aromatic heterocycles. The lowest BCUT2D eigenvalue weighted by atomic mass is 9.47. The summed E-state index contributed by atoms with van der Waals surface area (Å²) in [6.45, 7) is 11.6. The van der Waals surface area contributed by atoms with Gasteiger partial charge in [-0.1, -0.05) is 32.4 Å². The Morgan fingerprint density at radius 3 is 2.41 bits per heavy atom. The number of carbonyl (C=O) groups excluding carboxylic acids is 4. The summed E-state index contributed by atoms with van der Waals surface area (Å²) in [7, 11) is 0. The van der Waals surface area contributed by atoms with Gasteiger partial charge in [-0.3, -0.25) is 19.2 Å². The summed E-state index contributed by atoms with van der Waals surface area (Å²) in [5, 5.41) is 0. The van der Waals surface area contributed by atoms with E-state index >= 15 is 0 Å². The minimum absolute atomic E-state index is 0.0192. The van der Waals surface area contributed by atoms with E-state index in [1.165, 1.54) is 19.4 Å². The standard InChI is InChI=1S/C32H48O7/c1-19(18-37-21(3)34)8-7-9-29(36)39-28-17-27-25-11-10-23-16-24(38-22(4)35)12-14-31(23,5)26(25)13-15-32(27,6)30(28)20(2)33/h10,19,24-28,30H,7-9,11-18H2,1-6H3/t19-,24-,25?,26?,27?,28?,30?,31?,32-/m0/s1. The van der Waals surface area contributed by atoms with E-state index in [9.17, 15) is 19.2 Å². The first-order valence-electron chi connectivity index (χ1n) is 15.0. The van der Waals surface area contributed by atoms with Crippen molar-refractivity contribution in [1.82, 2.24) is 0 Å². The Hall–Kier alpha value is -2.18. The van der Waals surface area contributed by atoms with Crippen LogP contribution in [0.2, 0.25) is 0 Å². The minimum Gasteiger partial charge on any atom is -0.466 e. The molecule has 7 heteroatoms. The van der Waals surface area contributed by atoms with Crippen molar-refractivity contribution in [2.75, 3.05) is 6.61 Å². The molecule has 0 radical (unpaired) electrons. The molecule has 0 spiro atoms. The summed E-state index contributed by atoms with van der Waals surface area (Å²) in [4.78, 5) is 48.5. The van der Waals surface area contributed by atoms with E-state index in [4.69, 9.17) is 14.2 Å². The van der Waals surface area contributed by atoms with Gasteiger partial charge in [-0.15, -0.1) is 0 Å². The molecule has 4 aliphatic rings. The van der Waals surface area contributed by atoms with Crippen LogP contribution in [0.3, 0.4) is 0 Å². The number of ketones is 1. The first-order valence-corrected chi connectivity index (χ1v) is 15.0. The maximum absolute atomic E-state index is 13.0. The molecular formula is C32H48O7. The predicted octanol–water partition coefficient (Wildman–Crippen LogP) is 5.98. The number of ether oxygens (including phenoxy) is 3. The van der Waals surface area contributed by atoms with Crippen LogP contribution in [-0.4, -0.2) is 42.5 Å². The molecule has 218 valence electrons. The Bertz CT molecular complexity index is 1000. The zero-order valence-electron chi connectivity index (χ0n) is 24.8. The van der Waals surface area contributed by atoms with Gasteiger partial charge in [0, 0.05) is 26.7 Å². The van der Waals surface area contributed by atoms with E-state index in [0.29, 0.717) is 37.2 Å². The molecule has 0 N–H and O–H groups in total. The lowest BCUT2D eigenvalue weighted by Crippen LogP contribution is -2.51. The third-order valence-corrected chi connectivity index (χ3v) is 10.8. The average Bonchev–Trinajstić information content (AvgIpc) is 3.14. The van der Waals surface area contributed by atoms with E-state index in [-0.39, 0.29) is 58.6 Å². The van der Waals surface area contributed by atoms with Gasteiger partial charge in [-0.25, -0.2) is 0 Å². The van der Waals surface area contributed by atoms with Crippen LogP contribution >= 0.6 is 0 Å². The van der Waals surface area contributed by atoms with Crippen molar-refractivity contribution in [3.63, 3.8) is 0 Å². The van der Waals surface area contributed by atoms with Gasteiger partial charge in [0.2, 0.25) is 0 Å². The van der Waals surface area contributed by atoms with Crippen molar-refractivity contribution in [1.29, 1.82) is 0 Å². The van der Waals surface area contributed by atoms with Crippen LogP contribution in [0.25, 0.3) is 0 Å². The number of carbonyl (C=O) groups is 4. The molecule has 39 heavy (non-hydrogen) atoms. The fraction of sp³-hybridized carbons (Fsp3) is 0.812. The van der Waals surface area contributed by atoms with Gasteiger partial charge >= 0.3 is 17.9 Å². The highest BCUT2D eigenvalue weighted by Crippen LogP contribution is 2.66. The second kappa shape index (κ2) is 11.7. The molecule has 0 amide bonds. The molecule has 0 bridgehead atoms. The molecule has 7 nitrogen and oxygen atoms in total. The molecule has 0 heterocycles. The molecule has 3 saturated carbocycles. The summed E-state index contributed by atoms with van der Waals surface area (Å²) in [6.07, 6.45) is 10.3. The largest absolute Gasteiger partial charge is 0.466 e. The first kappa shape index (κ1) is 29.8. The van der Waals surface area contributed by atoms with Crippen LogP contribution in [0.1, 0.15) is 106 Å². The van der Waals surface area contributed by atoms with E-state index in [2.05, 4.69) is 19.9 Å². The molecule has 4 rings (SSSR count). The van der Waals surface area contributed by atoms with Gasteiger partial charge in [0.25, 0.3) is 0 Å². The molecule has 9 atom stereocenters. The van der Waals surface area contributed by atoms with E-state index in [0.717, 1.165) is 51.4 Å². The van der Waals surface area contributed by atoms with Crippen LogP contribution in [-0.2, 0) is 33.4 Å². The normalized spacial score (nSPS) is 37.8. The van der Waals surface area contributed by atoms with Gasteiger partial charge in [0.1, 0.15) is 18.0 Å². The van der Waals surface area contributed by atoms with E-state index in [1.807, 2.05) is 6.92 Å². The summed E-state index contributed by atoms with van der Waals surface area (Å²) in [5.74, 6) is 0.683. The summed E-state index contributed by atoms with van der Waals surface area (Å²) >= 11 is 0. The zero-order valence-corrected chi connectivity index (χ0v) is 24.8. The van der Waals surface area contributed by atoms with Crippen LogP contribution < -0.4 is 0 Å². The van der Waals surface area contributed by atoms with Crippen molar-refractivity contribution in [3.8, 4) is 0 Å². The first-order chi connectivity index (χ1) is 18.3. The number of allylic oxidation sites excluding steroid dienone is 1. The molecule has 0 aromatic carbocycles. The molecule has 4 aliphatic carbocycles. The minimum atomic E-state index is -0.361. The SMILES string of the molecule is CC(=O)OC[C@@H](C)CCCC(=O)OC1CC2C3CC=C4C[C@@H](OC(C)=O)CCC4(C)C3CC[C@]2(C)C1C(C)=O. The average molecular weight is 545 g/mol. The summed E-state index contributed by atoms with van der Waals surface area (Å²) < 4.78 is 16.7. The Labute approximate surface area is 233 Å². The van der Waals surface area contributed by atoms with Gasteiger partial charge in [0.15, 0.2) is 0 Å². The van der Waals surface area contributed by atoms with Crippen molar-refractivity contribution in [2.45, 2.75) is 118 Å². The Kier molecular flexibility index (Phi) is 8.97. The number of Topliss-reactive ketones (excluding diaryl/α,β-unsaturated/α-hetero) is 1. The molecule has 6 unspecified atom stereocenters. The van der Waals surface area contributed by atoms with Gasteiger partial charge in [-0.05, 0) is 92.8 Å². The van der Waals surface area contributed by atoms with Crippen molar-refractivity contribution in [3.05, 3.63) is 11.6 Å². The highest BCUT2D eigenvalue weighted by atomic mass is 16.5. The van der Waals surface area contributed by atoms with Crippen LogP contribution in [0.5, 0.6) is 0 Å². The van der Waals surface area contributed by atoms with Gasteiger partial charge < -0.3 is 14.2 Å². The maximum Gasteiger partial charge on any atom is 0.306 e. The molecular weight excluding hydrogens is 496 g/mol. The van der Waals surface area contributed by atoms with Gasteiger partial charge in [-0.2, -0.15) is 0 Å². The highest BCUT2D eigenvalue weighted by molar-refractivity contribution is 5.81. The summed E-state index contributed by atoms with van der Waals surface area (Å²) in [5.41, 5.74) is 1.38. The second-order valence-electron chi connectivity index (χ2n) is 13.4. The third kappa shape index (κ3) is 6.12. The van der Waals surface area contributed by atoms with Crippen molar-refractivity contribution < 1.29 is 33.4 Å².